The van der Waals surface area contributed by atoms with Crippen LogP contribution in [0.15, 0.2) is 60.7 Å². The first kappa shape index (κ1) is 15.5. The summed E-state index contributed by atoms with van der Waals surface area (Å²) >= 11 is 0. The van der Waals surface area contributed by atoms with Crippen molar-refractivity contribution in [1.29, 1.82) is 0 Å². The standard InChI is InChI=1S/C20H19N6O/c21-13-4-1-11(2-5-13)19-23-15-7-3-12(9-17(15)24-19)20-25-16-8-6-14(22)10-18(16)26(20)27/h1-10,19-20,23-25H,21-22H2/q+1. The summed E-state index contributed by atoms with van der Waals surface area (Å²) < 4.78 is 0.966. The number of nitrogens with one attached hydrogen (secondary N) is 3. The first-order valence-corrected chi connectivity index (χ1v) is 8.73. The van der Waals surface area contributed by atoms with Gasteiger partial charge in [-0.2, -0.15) is 0 Å². The fraction of sp³-hybridized carbons (Fsp3) is 0.100. The highest BCUT2D eigenvalue weighted by molar-refractivity contribution is 5.77. The number of nitrogens with zero attached hydrogens (tertiary/aromatic N) is 1. The van der Waals surface area contributed by atoms with Crippen molar-refractivity contribution in [2.75, 3.05) is 27.4 Å². The number of hydrogen-bond donors (Lipinski definition) is 5. The SMILES string of the molecule is Nc1ccc(C2Nc3ccc(C4Nc5ccc(N)cc5[N+]4=O)cc3N2)cc1. The molecule has 0 bridgehead atoms. The van der Waals surface area contributed by atoms with Crippen LogP contribution < -0.4 is 27.4 Å². The smallest absolute Gasteiger partial charge is 0.307 e. The van der Waals surface area contributed by atoms with Gasteiger partial charge in [0.2, 0.25) is 0 Å². The molecule has 2 atom stereocenters. The summed E-state index contributed by atoms with van der Waals surface area (Å²) in [7, 11) is 0. The number of hydrogen-bond acceptors (Lipinski definition) is 6. The number of nitrogens with two attached hydrogens (primary N) is 2. The van der Waals surface area contributed by atoms with Crippen molar-refractivity contribution in [3.05, 3.63) is 76.7 Å². The number of nitroso groups, excluding NO2 is 1. The second-order valence-electron chi connectivity index (χ2n) is 6.84. The van der Waals surface area contributed by atoms with Gasteiger partial charge in [-0.25, -0.2) is 0 Å². The first-order chi connectivity index (χ1) is 13.1. The normalized spacial score (nSPS) is 19.6. The van der Waals surface area contributed by atoms with Crippen molar-refractivity contribution in [1.82, 2.24) is 0 Å². The van der Waals surface area contributed by atoms with Gasteiger partial charge in [0, 0.05) is 27.9 Å². The van der Waals surface area contributed by atoms with E-state index < -0.39 is 6.17 Å². The lowest BCUT2D eigenvalue weighted by Gasteiger charge is -2.12. The van der Waals surface area contributed by atoms with E-state index in [4.69, 9.17) is 11.5 Å². The summed E-state index contributed by atoms with van der Waals surface area (Å²) in [5, 5.41) is 10.2. The quantitative estimate of drug-likeness (QED) is 0.350. The van der Waals surface area contributed by atoms with Crippen LogP contribution in [0.4, 0.5) is 34.1 Å². The average molecular weight is 359 g/mol. The van der Waals surface area contributed by atoms with Crippen LogP contribution in [-0.4, -0.2) is 4.76 Å². The van der Waals surface area contributed by atoms with Gasteiger partial charge in [0.25, 0.3) is 5.69 Å². The lowest BCUT2D eigenvalue weighted by molar-refractivity contribution is -0.495. The van der Waals surface area contributed by atoms with Crippen LogP contribution in [-0.2, 0) is 0 Å². The van der Waals surface area contributed by atoms with E-state index in [2.05, 4.69) is 16.0 Å². The molecule has 134 valence electrons. The van der Waals surface area contributed by atoms with Crippen LogP contribution >= 0.6 is 0 Å². The number of benzene rings is 3. The molecule has 0 aliphatic carbocycles. The van der Waals surface area contributed by atoms with Gasteiger partial charge in [0.05, 0.1) is 16.1 Å². The molecular formula is C20H19N6O+. The zero-order valence-electron chi connectivity index (χ0n) is 14.4. The monoisotopic (exact) mass is 359 g/mol. The van der Waals surface area contributed by atoms with Crippen LogP contribution in [0.3, 0.4) is 0 Å². The first-order valence-electron chi connectivity index (χ1n) is 8.73. The van der Waals surface area contributed by atoms with Crippen molar-refractivity contribution < 1.29 is 4.76 Å². The Kier molecular flexibility index (Phi) is 3.24. The molecule has 7 N–H and O–H groups in total. The molecule has 7 nitrogen and oxygen atoms in total. The van der Waals surface area contributed by atoms with Crippen molar-refractivity contribution in [2.45, 2.75) is 12.3 Å². The Morgan fingerprint density at radius 1 is 0.704 bits per heavy atom. The molecule has 27 heavy (non-hydrogen) atoms. The van der Waals surface area contributed by atoms with Gasteiger partial charge in [-0.05, 0) is 48.0 Å². The third-order valence-corrected chi connectivity index (χ3v) is 5.01. The third kappa shape index (κ3) is 2.52. The zero-order chi connectivity index (χ0) is 18.5. The van der Waals surface area contributed by atoms with Gasteiger partial charge >= 0.3 is 6.17 Å². The molecule has 0 radical (unpaired) electrons. The van der Waals surface area contributed by atoms with E-state index in [1.54, 1.807) is 12.1 Å². The molecule has 3 aromatic carbocycles. The summed E-state index contributed by atoms with van der Waals surface area (Å²) in [5.41, 5.74) is 18.2. The highest BCUT2D eigenvalue weighted by Gasteiger charge is 2.40. The van der Waals surface area contributed by atoms with Crippen molar-refractivity contribution in [3.63, 3.8) is 0 Å². The minimum Gasteiger partial charge on any atom is -0.399 e. The van der Waals surface area contributed by atoms with E-state index in [1.165, 1.54) is 0 Å². The molecule has 7 heteroatoms. The van der Waals surface area contributed by atoms with Crippen molar-refractivity contribution in [2.24, 2.45) is 0 Å². The minimum atomic E-state index is -0.482. The van der Waals surface area contributed by atoms with Gasteiger partial charge < -0.3 is 27.4 Å². The number of nitrogen functional groups attached to an aromatic ring is 2. The highest BCUT2D eigenvalue weighted by atomic mass is 16.3. The summed E-state index contributed by atoms with van der Waals surface area (Å²) in [6.07, 6.45) is -0.516. The molecule has 3 aromatic rings. The van der Waals surface area contributed by atoms with Crippen LogP contribution in [0, 0.1) is 4.91 Å². The predicted octanol–water partition coefficient (Wildman–Crippen LogP) is 3.92. The summed E-state index contributed by atoms with van der Waals surface area (Å²) in [6, 6.07) is 19.0. The maximum atomic E-state index is 12.7. The summed E-state index contributed by atoms with van der Waals surface area (Å²) in [5.74, 6) is 0. The molecular weight excluding hydrogens is 340 g/mol. The van der Waals surface area contributed by atoms with Crippen LogP contribution in [0.2, 0.25) is 0 Å². The fourth-order valence-electron chi connectivity index (χ4n) is 3.60. The molecule has 0 fully saturated rings. The Morgan fingerprint density at radius 2 is 1.37 bits per heavy atom. The lowest BCUT2D eigenvalue weighted by Crippen LogP contribution is -2.13. The van der Waals surface area contributed by atoms with Gasteiger partial charge in [0.15, 0.2) is 0 Å². The molecule has 0 amide bonds. The Bertz CT molecular complexity index is 1060. The second-order valence-corrected chi connectivity index (χ2v) is 6.84. The van der Waals surface area contributed by atoms with Gasteiger partial charge in [0.1, 0.15) is 11.9 Å². The Hall–Kier alpha value is -3.74. The van der Waals surface area contributed by atoms with Gasteiger partial charge in [-0.15, -0.1) is 0 Å². The predicted molar refractivity (Wildman–Crippen MR) is 108 cm³/mol. The largest absolute Gasteiger partial charge is 0.399 e. The molecule has 2 aliphatic rings. The molecule has 0 aromatic heterocycles. The molecule has 2 heterocycles. The highest BCUT2D eigenvalue weighted by Crippen LogP contribution is 2.43. The van der Waals surface area contributed by atoms with E-state index in [9.17, 15) is 4.91 Å². The molecule has 0 saturated heterocycles. The summed E-state index contributed by atoms with van der Waals surface area (Å²) in [4.78, 5) is 12.7. The maximum absolute atomic E-state index is 12.7. The van der Waals surface area contributed by atoms with E-state index in [1.807, 2.05) is 48.5 Å². The number of anilines is 5. The van der Waals surface area contributed by atoms with E-state index in [0.29, 0.717) is 11.4 Å². The third-order valence-electron chi connectivity index (χ3n) is 5.01. The fourth-order valence-corrected chi connectivity index (χ4v) is 3.60. The van der Waals surface area contributed by atoms with Crippen molar-refractivity contribution >= 4 is 34.1 Å². The molecule has 2 unspecified atom stereocenters. The minimum absolute atomic E-state index is 0.0345. The lowest BCUT2D eigenvalue weighted by atomic mass is 10.1. The topological polar surface area (TPSA) is 108 Å². The average Bonchev–Trinajstić information content (AvgIpc) is 3.23. The zero-order valence-corrected chi connectivity index (χ0v) is 14.4. The van der Waals surface area contributed by atoms with Gasteiger partial charge in [-0.1, -0.05) is 12.1 Å². The van der Waals surface area contributed by atoms with Gasteiger partial charge in [-0.3, -0.25) is 0 Å². The molecule has 0 spiro atoms. The number of rotatable bonds is 2. The Balaban J connectivity index is 1.42. The van der Waals surface area contributed by atoms with E-state index in [0.717, 1.165) is 38.6 Å². The Morgan fingerprint density at radius 3 is 2.19 bits per heavy atom. The van der Waals surface area contributed by atoms with E-state index >= 15 is 0 Å². The van der Waals surface area contributed by atoms with Crippen LogP contribution in [0.25, 0.3) is 0 Å². The van der Waals surface area contributed by atoms with Crippen LogP contribution in [0.1, 0.15) is 23.5 Å². The second kappa shape index (κ2) is 5.63. The Labute approximate surface area is 155 Å². The van der Waals surface area contributed by atoms with Crippen molar-refractivity contribution in [3.8, 4) is 0 Å². The van der Waals surface area contributed by atoms with E-state index in [-0.39, 0.29) is 6.17 Å². The molecule has 2 aliphatic heterocycles. The van der Waals surface area contributed by atoms with Crippen LogP contribution in [0.5, 0.6) is 0 Å². The molecule has 0 saturated carbocycles. The summed E-state index contributed by atoms with van der Waals surface area (Å²) in [6.45, 7) is 0. The number of fused-ring (bicyclic) bond motifs is 2. The maximum Gasteiger partial charge on any atom is 0.307 e. The molecule has 5 rings (SSSR count).